The lowest BCUT2D eigenvalue weighted by Crippen LogP contribution is -2.17. The quantitative estimate of drug-likeness (QED) is 0.629. The fraction of sp³-hybridized carbons (Fsp3) is 0.100. The number of benzene rings is 2. The van der Waals surface area contributed by atoms with Gasteiger partial charge in [0.15, 0.2) is 0 Å². The minimum absolute atomic E-state index is 0.00441. The summed E-state index contributed by atoms with van der Waals surface area (Å²) in [6.45, 7) is -0.128. The Bertz CT molecular complexity index is 1270. The van der Waals surface area contributed by atoms with Gasteiger partial charge in [-0.2, -0.15) is 23.5 Å². The number of amides is 2. The van der Waals surface area contributed by atoms with E-state index in [-0.39, 0.29) is 22.6 Å². The molecule has 1 saturated heterocycles. The third-order valence-corrected chi connectivity index (χ3v) is 5.28. The molecule has 2 aromatic carbocycles. The zero-order valence-electron chi connectivity index (χ0n) is 15.0. The van der Waals surface area contributed by atoms with E-state index in [9.17, 15) is 22.8 Å². The van der Waals surface area contributed by atoms with Gasteiger partial charge in [-0.15, -0.1) is 0 Å². The van der Waals surface area contributed by atoms with E-state index in [2.05, 4.69) is 10.4 Å². The molecule has 1 fully saturated rings. The summed E-state index contributed by atoms with van der Waals surface area (Å²) in [5.74, 6) is -0.471. The number of nitrogens with one attached hydrogen (secondary N) is 1. The standard InChI is InChI=1S/C20H11F3N4O2S/c21-20(22,23)15-6-12(8-24)1-3-13(15)10-27-16-4-2-11(5-14(16)9-25-27)7-17-18(28)26-19(29)30-17/h1-7,9H,10H2,(H,26,28,29)/b17-7-. The number of nitrogens with zero attached hydrogens (tertiary/aromatic N) is 3. The highest BCUT2D eigenvalue weighted by Gasteiger charge is 2.33. The summed E-state index contributed by atoms with van der Waals surface area (Å²) in [5, 5.41) is 15.5. The van der Waals surface area contributed by atoms with E-state index in [0.29, 0.717) is 16.5 Å². The molecule has 0 saturated carbocycles. The fourth-order valence-electron chi connectivity index (χ4n) is 3.10. The van der Waals surface area contributed by atoms with E-state index in [1.807, 2.05) is 0 Å². The minimum Gasteiger partial charge on any atom is -0.282 e. The van der Waals surface area contributed by atoms with Crippen molar-refractivity contribution in [1.82, 2.24) is 15.1 Å². The number of alkyl halides is 3. The van der Waals surface area contributed by atoms with Crippen LogP contribution in [0.1, 0.15) is 22.3 Å². The number of aromatic nitrogens is 2. The highest BCUT2D eigenvalue weighted by molar-refractivity contribution is 8.18. The molecule has 1 aliphatic rings. The van der Waals surface area contributed by atoms with Gasteiger partial charge < -0.3 is 0 Å². The van der Waals surface area contributed by atoms with Gasteiger partial charge in [0.1, 0.15) is 0 Å². The van der Waals surface area contributed by atoms with Crippen LogP contribution in [0.3, 0.4) is 0 Å². The first kappa shape index (κ1) is 19.7. The Kier molecular flexibility index (Phi) is 4.83. The molecule has 0 aliphatic carbocycles. The van der Waals surface area contributed by atoms with Gasteiger partial charge >= 0.3 is 6.18 Å². The second-order valence-electron chi connectivity index (χ2n) is 6.45. The molecule has 2 heterocycles. The molecule has 0 radical (unpaired) electrons. The fourth-order valence-corrected chi connectivity index (χ4v) is 3.79. The Hall–Kier alpha value is -3.58. The Morgan fingerprint density at radius 2 is 2.00 bits per heavy atom. The van der Waals surface area contributed by atoms with Gasteiger partial charge in [0.2, 0.25) is 0 Å². The molecule has 3 aromatic rings. The number of imide groups is 1. The number of carbonyl (C=O) groups excluding carboxylic acids is 2. The predicted molar refractivity (Wildman–Crippen MR) is 104 cm³/mol. The molecule has 1 aliphatic heterocycles. The van der Waals surface area contributed by atoms with Crippen molar-refractivity contribution in [2.24, 2.45) is 0 Å². The van der Waals surface area contributed by atoms with Crippen LogP contribution >= 0.6 is 11.8 Å². The monoisotopic (exact) mass is 428 g/mol. The van der Waals surface area contributed by atoms with Gasteiger partial charge in [-0.1, -0.05) is 12.1 Å². The zero-order valence-corrected chi connectivity index (χ0v) is 15.8. The molecule has 0 spiro atoms. The summed E-state index contributed by atoms with van der Waals surface area (Å²) in [5.41, 5.74) is 0.315. The minimum atomic E-state index is -4.60. The van der Waals surface area contributed by atoms with Crippen LogP contribution in [0.25, 0.3) is 17.0 Å². The van der Waals surface area contributed by atoms with Crippen LogP contribution in [-0.4, -0.2) is 20.9 Å². The number of fused-ring (bicyclic) bond motifs is 1. The average Bonchev–Trinajstić information content (AvgIpc) is 3.23. The maximum Gasteiger partial charge on any atom is 0.416 e. The summed E-state index contributed by atoms with van der Waals surface area (Å²) < 4.78 is 41.7. The van der Waals surface area contributed by atoms with Crippen molar-refractivity contribution in [2.75, 3.05) is 0 Å². The highest BCUT2D eigenvalue weighted by Crippen LogP contribution is 2.33. The normalized spacial score (nSPS) is 15.6. The summed E-state index contributed by atoms with van der Waals surface area (Å²) >= 11 is 0.799. The molecular formula is C20H11F3N4O2S. The van der Waals surface area contributed by atoms with E-state index in [1.54, 1.807) is 30.3 Å². The van der Waals surface area contributed by atoms with Crippen molar-refractivity contribution in [3.05, 3.63) is 69.8 Å². The number of thioether (sulfide) groups is 1. The molecule has 0 atom stereocenters. The lowest BCUT2D eigenvalue weighted by Gasteiger charge is -2.14. The molecule has 1 N–H and O–H groups in total. The number of rotatable bonds is 3. The second kappa shape index (κ2) is 7.35. The Morgan fingerprint density at radius 1 is 1.20 bits per heavy atom. The zero-order chi connectivity index (χ0) is 21.5. The molecule has 0 bridgehead atoms. The molecule has 6 nitrogen and oxygen atoms in total. The van der Waals surface area contributed by atoms with Crippen molar-refractivity contribution in [2.45, 2.75) is 12.7 Å². The van der Waals surface area contributed by atoms with Gasteiger partial charge in [0, 0.05) is 5.39 Å². The van der Waals surface area contributed by atoms with E-state index >= 15 is 0 Å². The number of hydrogen-bond donors (Lipinski definition) is 1. The molecular weight excluding hydrogens is 417 g/mol. The van der Waals surface area contributed by atoms with E-state index in [4.69, 9.17) is 5.26 Å². The largest absolute Gasteiger partial charge is 0.416 e. The van der Waals surface area contributed by atoms with E-state index < -0.39 is 22.9 Å². The van der Waals surface area contributed by atoms with Crippen molar-refractivity contribution >= 4 is 39.9 Å². The predicted octanol–water partition coefficient (Wildman–Crippen LogP) is 4.30. The van der Waals surface area contributed by atoms with Crippen LogP contribution in [0.2, 0.25) is 0 Å². The first-order valence-corrected chi connectivity index (χ1v) is 9.37. The summed E-state index contributed by atoms with van der Waals surface area (Å²) in [6.07, 6.45) is -1.52. The average molecular weight is 428 g/mol. The first-order chi connectivity index (χ1) is 14.2. The van der Waals surface area contributed by atoms with Crippen molar-refractivity contribution < 1.29 is 22.8 Å². The van der Waals surface area contributed by atoms with Crippen molar-refractivity contribution in [1.29, 1.82) is 5.26 Å². The molecule has 150 valence electrons. The van der Waals surface area contributed by atoms with Gasteiger partial charge in [-0.25, -0.2) is 0 Å². The topological polar surface area (TPSA) is 87.8 Å². The Balaban J connectivity index is 1.68. The number of nitriles is 1. The summed E-state index contributed by atoms with van der Waals surface area (Å²) in [7, 11) is 0. The van der Waals surface area contributed by atoms with Crippen LogP contribution < -0.4 is 5.32 Å². The van der Waals surface area contributed by atoms with E-state index in [0.717, 1.165) is 17.8 Å². The molecule has 4 rings (SSSR count). The smallest absolute Gasteiger partial charge is 0.282 e. The molecule has 30 heavy (non-hydrogen) atoms. The van der Waals surface area contributed by atoms with Gasteiger partial charge in [-0.3, -0.25) is 19.6 Å². The molecule has 0 unspecified atom stereocenters. The molecule has 1 aromatic heterocycles. The lowest BCUT2D eigenvalue weighted by molar-refractivity contribution is -0.138. The van der Waals surface area contributed by atoms with Crippen LogP contribution in [0.5, 0.6) is 0 Å². The van der Waals surface area contributed by atoms with Gasteiger partial charge in [0.05, 0.1) is 40.4 Å². The van der Waals surface area contributed by atoms with Crippen LogP contribution in [-0.2, 0) is 17.5 Å². The first-order valence-electron chi connectivity index (χ1n) is 8.55. The summed E-state index contributed by atoms with van der Waals surface area (Å²) in [6, 6.07) is 10.3. The number of halogens is 3. The maximum absolute atomic E-state index is 13.4. The number of hydrogen-bond acceptors (Lipinski definition) is 5. The van der Waals surface area contributed by atoms with Crippen LogP contribution in [0.15, 0.2) is 47.5 Å². The molecule has 2 amide bonds. The summed E-state index contributed by atoms with van der Waals surface area (Å²) in [4.78, 5) is 23.2. The lowest BCUT2D eigenvalue weighted by atomic mass is 10.0. The highest BCUT2D eigenvalue weighted by atomic mass is 32.2. The third kappa shape index (κ3) is 3.79. The van der Waals surface area contributed by atoms with Crippen LogP contribution in [0.4, 0.5) is 18.0 Å². The Labute approximate surface area is 172 Å². The van der Waals surface area contributed by atoms with Gasteiger partial charge in [0.25, 0.3) is 11.1 Å². The Morgan fingerprint density at radius 3 is 2.67 bits per heavy atom. The second-order valence-corrected chi connectivity index (χ2v) is 7.47. The molecule has 10 heteroatoms. The van der Waals surface area contributed by atoms with Crippen molar-refractivity contribution in [3.63, 3.8) is 0 Å². The third-order valence-electron chi connectivity index (χ3n) is 4.47. The van der Waals surface area contributed by atoms with Crippen molar-refractivity contribution in [3.8, 4) is 6.07 Å². The van der Waals surface area contributed by atoms with E-state index in [1.165, 1.54) is 23.0 Å². The van der Waals surface area contributed by atoms with Crippen LogP contribution in [0, 0.1) is 11.3 Å². The number of carbonyl (C=O) groups is 2. The SMILES string of the molecule is N#Cc1ccc(Cn2ncc3cc(/C=C4\SC(=O)NC4=O)ccc32)c(C(F)(F)F)c1. The maximum atomic E-state index is 13.4. The van der Waals surface area contributed by atoms with Gasteiger partial charge in [-0.05, 0) is 53.2 Å².